The van der Waals surface area contributed by atoms with Crippen molar-refractivity contribution < 1.29 is 17.9 Å². The van der Waals surface area contributed by atoms with Crippen LogP contribution in [0.4, 0.5) is 5.69 Å². The first kappa shape index (κ1) is 19.8. The Bertz CT molecular complexity index is 1020. The molecule has 146 valence electrons. The van der Waals surface area contributed by atoms with Gasteiger partial charge in [-0.05, 0) is 36.8 Å². The third-order valence-corrected chi connectivity index (χ3v) is 6.47. The number of rotatable bonds is 7. The van der Waals surface area contributed by atoms with E-state index in [2.05, 4.69) is 0 Å². The lowest BCUT2D eigenvalue weighted by molar-refractivity contribution is 0.355. The van der Waals surface area contributed by atoms with Crippen LogP contribution in [0.5, 0.6) is 11.5 Å². The average molecular weight is 397 g/mol. The lowest BCUT2D eigenvalue weighted by Gasteiger charge is -2.31. The molecule has 0 heterocycles. The molecule has 0 amide bonds. The first-order valence-corrected chi connectivity index (χ1v) is 10.3. The van der Waals surface area contributed by atoms with E-state index in [1.807, 2.05) is 37.3 Å². The molecule has 1 atom stereocenters. The molecule has 6 heteroatoms. The zero-order valence-corrected chi connectivity index (χ0v) is 16.9. The quantitative estimate of drug-likeness (QED) is 0.582. The van der Waals surface area contributed by atoms with E-state index in [9.17, 15) is 8.42 Å². The van der Waals surface area contributed by atoms with E-state index >= 15 is 0 Å². The third-order valence-electron chi connectivity index (χ3n) is 4.56. The minimum absolute atomic E-state index is 0.229. The van der Waals surface area contributed by atoms with E-state index in [1.165, 1.54) is 11.4 Å². The molecule has 28 heavy (non-hydrogen) atoms. The van der Waals surface area contributed by atoms with Crippen LogP contribution in [-0.2, 0) is 10.0 Å². The largest absolute Gasteiger partial charge is 0.493 e. The summed E-state index contributed by atoms with van der Waals surface area (Å²) < 4.78 is 39.2. The summed E-state index contributed by atoms with van der Waals surface area (Å²) in [7, 11) is -0.739. The summed E-state index contributed by atoms with van der Waals surface area (Å²) in [6, 6.07) is 22.6. The van der Waals surface area contributed by atoms with Crippen molar-refractivity contribution in [1.29, 1.82) is 0 Å². The minimum Gasteiger partial charge on any atom is -0.493 e. The molecule has 0 aliphatic heterocycles. The minimum atomic E-state index is -3.81. The number of methoxy groups -OCH3 is 2. The number of hydrogen-bond acceptors (Lipinski definition) is 4. The normalized spacial score (nSPS) is 12.2. The van der Waals surface area contributed by atoms with Crippen molar-refractivity contribution in [3.05, 3.63) is 84.4 Å². The van der Waals surface area contributed by atoms with Crippen LogP contribution in [0.2, 0.25) is 0 Å². The summed E-state index contributed by atoms with van der Waals surface area (Å²) in [6.45, 7) is 1.87. The summed E-state index contributed by atoms with van der Waals surface area (Å²) in [5.41, 5.74) is 1.38. The average Bonchev–Trinajstić information content (AvgIpc) is 2.74. The van der Waals surface area contributed by atoms with Crippen LogP contribution >= 0.6 is 0 Å². The summed E-state index contributed by atoms with van der Waals surface area (Å²) in [5.74, 6) is 1.00. The van der Waals surface area contributed by atoms with Gasteiger partial charge in [-0.3, -0.25) is 4.31 Å². The van der Waals surface area contributed by atoms with E-state index < -0.39 is 16.1 Å². The van der Waals surface area contributed by atoms with Gasteiger partial charge < -0.3 is 9.47 Å². The second-order valence-electron chi connectivity index (χ2n) is 6.24. The molecule has 0 fully saturated rings. The fourth-order valence-corrected chi connectivity index (χ4v) is 4.76. The van der Waals surface area contributed by atoms with Gasteiger partial charge in [0.05, 0.1) is 30.8 Å². The van der Waals surface area contributed by atoms with Crippen molar-refractivity contribution in [3.63, 3.8) is 0 Å². The van der Waals surface area contributed by atoms with Crippen LogP contribution in [0.25, 0.3) is 0 Å². The van der Waals surface area contributed by atoms with Crippen LogP contribution in [-0.4, -0.2) is 22.6 Å². The zero-order chi connectivity index (χ0) is 20.1. The summed E-state index contributed by atoms with van der Waals surface area (Å²) >= 11 is 0. The van der Waals surface area contributed by atoms with Crippen molar-refractivity contribution >= 4 is 15.7 Å². The second-order valence-corrected chi connectivity index (χ2v) is 8.05. The fraction of sp³-hybridized carbons (Fsp3) is 0.182. The van der Waals surface area contributed by atoms with E-state index in [4.69, 9.17) is 9.47 Å². The second kappa shape index (κ2) is 8.35. The summed E-state index contributed by atoms with van der Waals surface area (Å²) in [4.78, 5) is 0.229. The smallest absolute Gasteiger partial charge is 0.264 e. The molecule has 0 bridgehead atoms. The topological polar surface area (TPSA) is 55.8 Å². The van der Waals surface area contributed by atoms with Crippen molar-refractivity contribution in [2.24, 2.45) is 0 Å². The maximum absolute atomic E-state index is 13.6. The Labute approximate surface area is 166 Å². The summed E-state index contributed by atoms with van der Waals surface area (Å²) in [6.07, 6.45) is 0. The molecule has 0 aromatic heterocycles. The van der Waals surface area contributed by atoms with Crippen LogP contribution in [0, 0.1) is 0 Å². The number of nitrogens with zero attached hydrogens (tertiary/aromatic N) is 1. The Morgan fingerprint density at radius 1 is 0.786 bits per heavy atom. The van der Waals surface area contributed by atoms with Gasteiger partial charge in [0.2, 0.25) is 0 Å². The number of benzene rings is 3. The first-order valence-electron chi connectivity index (χ1n) is 8.85. The van der Waals surface area contributed by atoms with E-state index in [1.54, 1.807) is 55.6 Å². The van der Waals surface area contributed by atoms with Crippen LogP contribution in [0.3, 0.4) is 0 Å². The highest BCUT2D eigenvalue weighted by molar-refractivity contribution is 7.92. The van der Waals surface area contributed by atoms with Gasteiger partial charge in [-0.15, -0.1) is 0 Å². The monoisotopic (exact) mass is 397 g/mol. The predicted octanol–water partition coefficient (Wildman–Crippen LogP) is 4.66. The van der Waals surface area contributed by atoms with Gasteiger partial charge in [0.15, 0.2) is 11.5 Å². The maximum atomic E-state index is 13.6. The zero-order valence-electron chi connectivity index (χ0n) is 16.1. The molecule has 0 aliphatic rings. The van der Waals surface area contributed by atoms with Gasteiger partial charge in [-0.2, -0.15) is 0 Å². The number of hydrogen-bond donors (Lipinski definition) is 0. The highest BCUT2D eigenvalue weighted by Crippen LogP contribution is 2.38. The third kappa shape index (κ3) is 3.82. The van der Waals surface area contributed by atoms with E-state index in [0.717, 1.165) is 5.56 Å². The van der Waals surface area contributed by atoms with Crippen LogP contribution in [0.1, 0.15) is 18.5 Å². The fourth-order valence-electron chi connectivity index (χ4n) is 3.11. The molecule has 0 unspecified atom stereocenters. The molecule has 0 aliphatic carbocycles. The molecule has 0 N–H and O–H groups in total. The molecule has 0 saturated heterocycles. The summed E-state index contributed by atoms with van der Waals surface area (Å²) in [5, 5.41) is 0. The van der Waals surface area contributed by atoms with Crippen molar-refractivity contribution in [2.75, 3.05) is 18.5 Å². The van der Waals surface area contributed by atoms with Crippen molar-refractivity contribution in [1.82, 2.24) is 0 Å². The van der Waals surface area contributed by atoms with E-state index in [0.29, 0.717) is 17.2 Å². The molecule has 5 nitrogen and oxygen atoms in total. The standard InChI is InChI=1S/C22H23NO4S/c1-17(18-10-6-4-7-11-18)23(28(24,25)20-12-8-5-9-13-20)19-14-15-21(26-2)22(16-19)27-3/h4-17H,1-3H3/t17-/m0/s1. The highest BCUT2D eigenvalue weighted by atomic mass is 32.2. The molecule has 3 aromatic carbocycles. The van der Waals surface area contributed by atoms with Gasteiger partial charge in [-0.25, -0.2) is 8.42 Å². The molecular weight excluding hydrogens is 374 g/mol. The Hall–Kier alpha value is -2.99. The number of anilines is 1. The molecule has 0 radical (unpaired) electrons. The lowest BCUT2D eigenvalue weighted by atomic mass is 10.1. The Morgan fingerprint density at radius 3 is 1.93 bits per heavy atom. The Kier molecular flexibility index (Phi) is 5.90. The molecule has 0 spiro atoms. The Morgan fingerprint density at radius 2 is 1.36 bits per heavy atom. The maximum Gasteiger partial charge on any atom is 0.264 e. The van der Waals surface area contributed by atoms with E-state index in [-0.39, 0.29) is 4.90 Å². The molecule has 0 saturated carbocycles. The number of ether oxygens (including phenoxy) is 2. The van der Waals surface area contributed by atoms with Crippen LogP contribution in [0.15, 0.2) is 83.8 Å². The van der Waals surface area contributed by atoms with Crippen LogP contribution < -0.4 is 13.8 Å². The van der Waals surface area contributed by atoms with Gasteiger partial charge in [0.1, 0.15) is 0 Å². The SMILES string of the molecule is COc1ccc(N([C@@H](C)c2ccccc2)S(=O)(=O)c2ccccc2)cc1OC. The number of sulfonamides is 1. The lowest BCUT2D eigenvalue weighted by Crippen LogP contribution is -2.33. The molecule has 3 aromatic rings. The van der Waals surface area contributed by atoms with Crippen molar-refractivity contribution in [3.8, 4) is 11.5 Å². The highest BCUT2D eigenvalue weighted by Gasteiger charge is 2.31. The van der Waals surface area contributed by atoms with Crippen molar-refractivity contribution in [2.45, 2.75) is 17.9 Å². The molecule has 3 rings (SSSR count). The Balaban J connectivity index is 2.18. The first-order chi connectivity index (χ1) is 13.5. The molecular formula is C22H23NO4S. The van der Waals surface area contributed by atoms with Gasteiger partial charge in [-0.1, -0.05) is 48.5 Å². The van der Waals surface area contributed by atoms with Gasteiger partial charge in [0.25, 0.3) is 10.0 Å². The predicted molar refractivity (Wildman–Crippen MR) is 111 cm³/mol. The van der Waals surface area contributed by atoms with Gasteiger partial charge in [0, 0.05) is 6.07 Å². The van der Waals surface area contributed by atoms with Gasteiger partial charge >= 0.3 is 0 Å².